The number of likely N-dealkylation sites (tertiary alicyclic amines) is 1. The molecule has 2 aliphatic rings. The van der Waals surface area contributed by atoms with E-state index in [2.05, 4.69) is 0 Å². The summed E-state index contributed by atoms with van der Waals surface area (Å²) >= 11 is 0. The van der Waals surface area contributed by atoms with E-state index in [0.29, 0.717) is 35.1 Å². The molecule has 1 aromatic carbocycles. The average molecular weight is 399 g/mol. The fourth-order valence-electron chi connectivity index (χ4n) is 4.18. The number of rotatable bonds is 5. The summed E-state index contributed by atoms with van der Waals surface area (Å²) in [6.07, 6.45) is 3.23. The van der Waals surface area contributed by atoms with Crippen LogP contribution >= 0.6 is 0 Å². The zero-order valence-electron chi connectivity index (χ0n) is 16.0. The van der Waals surface area contributed by atoms with Gasteiger partial charge in [-0.05, 0) is 25.0 Å². The number of hydrogen-bond acceptors (Lipinski definition) is 7. The molecule has 2 fully saturated rings. The molecule has 0 spiro atoms. The van der Waals surface area contributed by atoms with Crippen LogP contribution in [0.3, 0.4) is 0 Å². The minimum absolute atomic E-state index is 0.170. The van der Waals surface area contributed by atoms with Gasteiger partial charge in [0.25, 0.3) is 0 Å². The molecule has 2 aromatic rings. The molecule has 0 N–H and O–H groups in total. The van der Waals surface area contributed by atoms with Crippen molar-refractivity contribution >= 4 is 28.8 Å². The molecule has 1 aliphatic heterocycles. The maximum absolute atomic E-state index is 12.5. The fraction of sp³-hybridized carbons (Fsp3) is 0.429. The summed E-state index contributed by atoms with van der Waals surface area (Å²) in [5.74, 6) is -1.34. The highest BCUT2D eigenvalue weighted by atomic mass is 16.5. The Hall–Kier alpha value is -3.16. The summed E-state index contributed by atoms with van der Waals surface area (Å²) in [6.45, 7) is -0.575. The van der Waals surface area contributed by atoms with E-state index < -0.39 is 18.1 Å². The van der Waals surface area contributed by atoms with Gasteiger partial charge in [0.05, 0.1) is 18.9 Å². The first-order valence-electron chi connectivity index (χ1n) is 9.59. The number of methoxy groups -OCH3 is 1. The van der Waals surface area contributed by atoms with Crippen LogP contribution < -0.4 is 10.4 Å². The summed E-state index contributed by atoms with van der Waals surface area (Å²) in [7, 11) is 1.50. The third kappa shape index (κ3) is 3.62. The first-order chi connectivity index (χ1) is 14.0. The first kappa shape index (κ1) is 19.2. The van der Waals surface area contributed by atoms with E-state index in [0.717, 1.165) is 17.7 Å². The van der Waals surface area contributed by atoms with Gasteiger partial charge in [0, 0.05) is 23.1 Å². The largest absolute Gasteiger partial charge is 0.497 e. The molecule has 1 aliphatic carbocycles. The number of fused-ring (bicyclic) bond motifs is 2. The van der Waals surface area contributed by atoms with Gasteiger partial charge in [-0.2, -0.15) is 0 Å². The van der Waals surface area contributed by atoms with Crippen molar-refractivity contribution in [1.29, 1.82) is 0 Å². The predicted molar refractivity (Wildman–Crippen MR) is 101 cm³/mol. The molecule has 8 nitrogen and oxygen atoms in total. The van der Waals surface area contributed by atoms with Crippen LogP contribution in [0.25, 0.3) is 11.0 Å². The van der Waals surface area contributed by atoms with Crippen LogP contribution in [0.5, 0.6) is 5.75 Å². The van der Waals surface area contributed by atoms with Crippen LogP contribution in [-0.4, -0.2) is 36.3 Å². The number of ether oxygens (including phenoxy) is 2. The number of hydrogen-bond donors (Lipinski definition) is 0. The van der Waals surface area contributed by atoms with E-state index in [1.54, 1.807) is 18.2 Å². The monoisotopic (exact) mass is 399 g/mol. The average Bonchev–Trinajstić information content (AvgIpc) is 2.96. The summed E-state index contributed by atoms with van der Waals surface area (Å²) in [5.41, 5.74) is 0.211. The van der Waals surface area contributed by atoms with E-state index in [1.807, 2.05) is 0 Å². The molecule has 2 amide bonds. The molecular weight excluding hydrogens is 378 g/mol. The third-order valence-electron chi connectivity index (χ3n) is 5.65. The molecule has 8 heteroatoms. The van der Waals surface area contributed by atoms with Crippen molar-refractivity contribution in [2.75, 3.05) is 13.7 Å². The van der Waals surface area contributed by atoms with Gasteiger partial charge in [-0.1, -0.05) is 12.8 Å². The smallest absolute Gasteiger partial charge is 0.336 e. The Morgan fingerprint density at radius 2 is 1.79 bits per heavy atom. The summed E-state index contributed by atoms with van der Waals surface area (Å²) in [4.78, 5) is 50.1. The molecule has 1 saturated carbocycles. The highest BCUT2D eigenvalue weighted by molar-refractivity contribution is 6.07. The van der Waals surface area contributed by atoms with Crippen molar-refractivity contribution in [3.63, 3.8) is 0 Å². The number of carbonyl (C=O) groups excluding carboxylic acids is 3. The van der Waals surface area contributed by atoms with Gasteiger partial charge in [-0.25, -0.2) is 4.79 Å². The molecular formula is C21H21NO7. The van der Waals surface area contributed by atoms with E-state index in [-0.39, 0.29) is 30.3 Å². The highest BCUT2D eigenvalue weighted by Gasteiger charge is 2.48. The molecule has 29 heavy (non-hydrogen) atoms. The van der Waals surface area contributed by atoms with Crippen molar-refractivity contribution in [2.45, 2.75) is 32.3 Å². The number of esters is 1. The Balaban J connectivity index is 1.46. The van der Waals surface area contributed by atoms with Crippen LogP contribution in [0.1, 0.15) is 31.2 Å². The molecule has 1 saturated heterocycles. The van der Waals surface area contributed by atoms with E-state index in [4.69, 9.17) is 13.9 Å². The number of nitrogens with zero attached hydrogens (tertiary/aromatic N) is 1. The first-order valence-corrected chi connectivity index (χ1v) is 9.59. The Bertz CT molecular complexity index is 1020. The zero-order chi connectivity index (χ0) is 20.5. The topological polar surface area (TPSA) is 103 Å². The molecule has 0 bridgehead atoms. The van der Waals surface area contributed by atoms with Crippen LogP contribution in [0.15, 0.2) is 33.5 Å². The Kier molecular flexibility index (Phi) is 5.08. The van der Waals surface area contributed by atoms with Crippen molar-refractivity contribution in [3.05, 3.63) is 40.2 Å². The van der Waals surface area contributed by atoms with Crippen molar-refractivity contribution in [2.24, 2.45) is 11.8 Å². The van der Waals surface area contributed by atoms with Gasteiger partial charge >= 0.3 is 11.6 Å². The number of benzene rings is 1. The second-order valence-electron chi connectivity index (χ2n) is 7.37. The standard InChI is InChI=1S/C21H21NO7/c1-27-13-6-7-14-12(8-18(23)29-17(14)9-13)11-28-19(24)10-22-20(25)15-4-2-3-5-16(15)21(22)26/h6-9,15-16H,2-5,10-11H2,1H3/t15-,16-/m1/s1. The lowest BCUT2D eigenvalue weighted by Gasteiger charge is -2.19. The fourth-order valence-corrected chi connectivity index (χ4v) is 4.18. The van der Waals surface area contributed by atoms with Crippen LogP contribution in [0.4, 0.5) is 0 Å². The molecule has 1 aromatic heterocycles. The van der Waals surface area contributed by atoms with Gasteiger partial charge in [-0.15, -0.1) is 0 Å². The Labute approximate surface area is 166 Å². The lowest BCUT2D eigenvalue weighted by molar-refractivity contribution is -0.153. The quantitative estimate of drug-likeness (QED) is 0.430. The summed E-state index contributed by atoms with van der Waals surface area (Å²) in [6, 6.07) is 6.24. The lowest BCUT2D eigenvalue weighted by Crippen LogP contribution is -2.36. The van der Waals surface area contributed by atoms with Crippen LogP contribution in [0, 0.1) is 11.8 Å². The molecule has 2 atom stereocenters. The third-order valence-corrected chi connectivity index (χ3v) is 5.65. The van der Waals surface area contributed by atoms with Crippen molar-refractivity contribution in [1.82, 2.24) is 4.90 Å². The van der Waals surface area contributed by atoms with Crippen LogP contribution in [-0.2, 0) is 25.7 Å². The number of imide groups is 1. The lowest BCUT2D eigenvalue weighted by atomic mass is 9.81. The zero-order valence-corrected chi connectivity index (χ0v) is 16.0. The minimum atomic E-state index is -0.694. The predicted octanol–water partition coefficient (Wildman–Crippen LogP) is 2.02. The highest BCUT2D eigenvalue weighted by Crippen LogP contribution is 2.37. The van der Waals surface area contributed by atoms with Gasteiger partial charge in [0.15, 0.2) is 0 Å². The summed E-state index contributed by atoms with van der Waals surface area (Å²) in [5, 5.41) is 0.609. The molecule has 0 radical (unpaired) electrons. The van der Waals surface area contributed by atoms with Gasteiger partial charge < -0.3 is 13.9 Å². The van der Waals surface area contributed by atoms with Crippen LogP contribution in [0.2, 0.25) is 0 Å². The maximum atomic E-state index is 12.5. The second-order valence-corrected chi connectivity index (χ2v) is 7.37. The number of carbonyl (C=O) groups is 3. The Morgan fingerprint density at radius 1 is 1.10 bits per heavy atom. The maximum Gasteiger partial charge on any atom is 0.336 e. The second kappa shape index (κ2) is 7.69. The Morgan fingerprint density at radius 3 is 2.45 bits per heavy atom. The SMILES string of the molecule is COc1ccc2c(COC(=O)CN3C(=O)[C@@H]4CCCC[C@H]4C3=O)cc(=O)oc2c1. The van der Waals surface area contributed by atoms with Crippen molar-refractivity contribution < 1.29 is 28.3 Å². The normalized spacial score (nSPS) is 21.3. The summed E-state index contributed by atoms with van der Waals surface area (Å²) < 4.78 is 15.5. The van der Waals surface area contributed by atoms with Gasteiger partial charge in [0.1, 0.15) is 24.5 Å². The molecule has 0 unspecified atom stereocenters. The van der Waals surface area contributed by atoms with E-state index in [1.165, 1.54) is 13.2 Å². The van der Waals surface area contributed by atoms with Crippen molar-refractivity contribution in [3.8, 4) is 5.75 Å². The number of amides is 2. The minimum Gasteiger partial charge on any atom is -0.497 e. The molecule has 2 heterocycles. The molecule has 152 valence electrons. The van der Waals surface area contributed by atoms with Gasteiger partial charge in [0.2, 0.25) is 11.8 Å². The van der Waals surface area contributed by atoms with E-state index >= 15 is 0 Å². The molecule has 4 rings (SSSR count). The van der Waals surface area contributed by atoms with E-state index in [9.17, 15) is 19.2 Å². The van der Waals surface area contributed by atoms with Gasteiger partial charge in [-0.3, -0.25) is 19.3 Å².